The van der Waals surface area contributed by atoms with Crippen LogP contribution in [0.2, 0.25) is 0 Å². The molecule has 1 aliphatic rings. The summed E-state index contributed by atoms with van der Waals surface area (Å²) in [7, 11) is 0. The third-order valence-corrected chi connectivity index (χ3v) is 3.93. The second kappa shape index (κ2) is 7.47. The maximum absolute atomic E-state index is 12.7. The molecule has 5 nitrogen and oxygen atoms in total. The fourth-order valence-electron chi connectivity index (χ4n) is 2.51. The molecule has 1 saturated heterocycles. The van der Waals surface area contributed by atoms with E-state index in [1.165, 1.54) is 0 Å². The number of carbonyl (C=O) groups is 1. The molecule has 0 aliphatic carbocycles. The van der Waals surface area contributed by atoms with Crippen LogP contribution in [0, 0.1) is 5.92 Å². The molecular formula is C15H21N3O2S. The molecule has 1 aromatic rings. The van der Waals surface area contributed by atoms with Crippen molar-refractivity contribution in [3.63, 3.8) is 0 Å². The highest BCUT2D eigenvalue weighted by Crippen LogP contribution is 2.23. The zero-order chi connectivity index (χ0) is 15.2. The number of thiocarbonyl (C=S) groups is 1. The fraction of sp³-hybridized carbons (Fsp3) is 0.533. The van der Waals surface area contributed by atoms with Gasteiger partial charge in [-0.3, -0.25) is 9.78 Å². The van der Waals surface area contributed by atoms with Gasteiger partial charge in [-0.1, -0.05) is 18.3 Å². The first-order chi connectivity index (χ1) is 10.1. The van der Waals surface area contributed by atoms with Crippen LogP contribution in [-0.2, 0) is 16.1 Å². The van der Waals surface area contributed by atoms with Crippen molar-refractivity contribution in [3.8, 4) is 0 Å². The number of hydrogen-bond donors (Lipinski definition) is 1. The number of ether oxygens (including phenoxy) is 1. The molecule has 2 rings (SSSR count). The average Bonchev–Trinajstić information content (AvgIpc) is 2.90. The smallest absolute Gasteiger partial charge is 0.228 e. The average molecular weight is 307 g/mol. The van der Waals surface area contributed by atoms with Crippen LogP contribution in [-0.4, -0.2) is 40.0 Å². The number of amides is 1. The molecule has 6 heteroatoms. The Morgan fingerprint density at radius 3 is 3.00 bits per heavy atom. The van der Waals surface area contributed by atoms with Gasteiger partial charge in [0.2, 0.25) is 5.91 Å². The molecule has 21 heavy (non-hydrogen) atoms. The second-order valence-electron chi connectivity index (χ2n) is 5.31. The number of pyridine rings is 1. The van der Waals surface area contributed by atoms with E-state index < -0.39 is 0 Å². The van der Waals surface area contributed by atoms with Crippen molar-refractivity contribution in [2.75, 3.05) is 13.2 Å². The van der Waals surface area contributed by atoms with Gasteiger partial charge in [0.15, 0.2) is 0 Å². The quantitative estimate of drug-likeness (QED) is 0.807. The van der Waals surface area contributed by atoms with Gasteiger partial charge in [0, 0.05) is 38.5 Å². The van der Waals surface area contributed by atoms with Crippen LogP contribution in [0.1, 0.15) is 25.3 Å². The Morgan fingerprint density at radius 1 is 1.62 bits per heavy atom. The van der Waals surface area contributed by atoms with Crippen molar-refractivity contribution in [3.05, 3.63) is 30.1 Å². The van der Waals surface area contributed by atoms with E-state index in [2.05, 4.69) is 4.98 Å². The molecule has 1 aromatic heterocycles. The highest BCUT2D eigenvalue weighted by Gasteiger charge is 2.33. The third kappa shape index (κ3) is 4.47. The second-order valence-corrected chi connectivity index (χ2v) is 5.83. The molecule has 1 aliphatic heterocycles. The van der Waals surface area contributed by atoms with Gasteiger partial charge < -0.3 is 15.4 Å². The van der Waals surface area contributed by atoms with E-state index in [-0.39, 0.29) is 17.9 Å². The molecule has 2 N–H and O–H groups in total. The molecule has 2 unspecified atom stereocenters. The van der Waals surface area contributed by atoms with Gasteiger partial charge in [-0.15, -0.1) is 0 Å². The lowest BCUT2D eigenvalue weighted by Gasteiger charge is -2.26. The Bertz CT molecular complexity index is 495. The zero-order valence-electron chi connectivity index (χ0n) is 12.2. The first kappa shape index (κ1) is 15.9. The summed E-state index contributed by atoms with van der Waals surface area (Å²) >= 11 is 4.93. The van der Waals surface area contributed by atoms with E-state index in [0.29, 0.717) is 31.1 Å². The van der Waals surface area contributed by atoms with Crippen molar-refractivity contribution in [1.82, 2.24) is 9.88 Å². The maximum Gasteiger partial charge on any atom is 0.228 e. The SMILES string of the molecule is CC1OCCC1C(=O)N(CCC(N)=S)Cc1cccnc1. The summed E-state index contributed by atoms with van der Waals surface area (Å²) < 4.78 is 5.50. The van der Waals surface area contributed by atoms with E-state index in [9.17, 15) is 4.79 Å². The summed E-state index contributed by atoms with van der Waals surface area (Å²) in [6.07, 6.45) is 4.77. The number of aromatic nitrogens is 1. The topological polar surface area (TPSA) is 68.5 Å². The van der Waals surface area contributed by atoms with Gasteiger partial charge in [-0.2, -0.15) is 0 Å². The predicted octanol–water partition coefficient (Wildman–Crippen LogP) is 1.51. The molecule has 2 atom stereocenters. The summed E-state index contributed by atoms with van der Waals surface area (Å²) in [5.41, 5.74) is 6.57. The van der Waals surface area contributed by atoms with Crippen LogP contribution in [0.25, 0.3) is 0 Å². The standard InChI is InChI=1S/C15H21N3O2S/c1-11-13(5-8-20-11)15(19)18(7-4-14(16)21)10-12-3-2-6-17-9-12/h2-3,6,9,11,13H,4-5,7-8,10H2,1H3,(H2,16,21). The van der Waals surface area contributed by atoms with Crippen LogP contribution in [0.5, 0.6) is 0 Å². The monoisotopic (exact) mass is 307 g/mol. The Balaban J connectivity index is 2.07. The molecular weight excluding hydrogens is 286 g/mol. The van der Waals surface area contributed by atoms with Crippen LogP contribution < -0.4 is 5.73 Å². The minimum Gasteiger partial charge on any atom is -0.393 e. The van der Waals surface area contributed by atoms with Crippen molar-refractivity contribution in [2.45, 2.75) is 32.4 Å². The molecule has 0 radical (unpaired) electrons. The molecule has 0 bridgehead atoms. The van der Waals surface area contributed by atoms with Crippen LogP contribution in [0.3, 0.4) is 0 Å². The summed E-state index contributed by atoms with van der Waals surface area (Å²) in [6.45, 7) is 3.66. The third-order valence-electron chi connectivity index (χ3n) is 3.73. The van der Waals surface area contributed by atoms with Gasteiger partial charge in [0.05, 0.1) is 17.0 Å². The Morgan fingerprint density at radius 2 is 2.43 bits per heavy atom. The lowest BCUT2D eigenvalue weighted by molar-refractivity contribution is -0.137. The molecule has 0 saturated carbocycles. The van der Waals surface area contributed by atoms with Gasteiger partial charge in [-0.05, 0) is 25.0 Å². The molecule has 114 valence electrons. The Hall–Kier alpha value is -1.53. The lowest BCUT2D eigenvalue weighted by atomic mass is 10.0. The summed E-state index contributed by atoms with van der Waals surface area (Å²) in [5.74, 6) is 0.0353. The van der Waals surface area contributed by atoms with E-state index >= 15 is 0 Å². The Labute approximate surface area is 130 Å². The molecule has 0 aromatic carbocycles. The lowest BCUT2D eigenvalue weighted by Crippen LogP contribution is -2.39. The number of nitrogens with two attached hydrogens (primary N) is 1. The highest BCUT2D eigenvalue weighted by molar-refractivity contribution is 7.80. The number of carbonyl (C=O) groups excluding carboxylic acids is 1. The van der Waals surface area contributed by atoms with Crippen molar-refractivity contribution >= 4 is 23.1 Å². The van der Waals surface area contributed by atoms with E-state index in [1.807, 2.05) is 24.0 Å². The number of nitrogens with zero attached hydrogens (tertiary/aromatic N) is 2. The van der Waals surface area contributed by atoms with Gasteiger partial charge in [0.1, 0.15) is 0 Å². The first-order valence-electron chi connectivity index (χ1n) is 7.15. The molecule has 2 heterocycles. The van der Waals surface area contributed by atoms with Crippen molar-refractivity contribution in [1.29, 1.82) is 0 Å². The minimum atomic E-state index is -0.0759. The Kier molecular flexibility index (Phi) is 5.64. The fourth-order valence-corrected chi connectivity index (χ4v) is 2.61. The van der Waals surface area contributed by atoms with Crippen molar-refractivity contribution < 1.29 is 9.53 Å². The molecule has 1 fully saturated rings. The van der Waals surface area contributed by atoms with Gasteiger partial charge in [-0.25, -0.2) is 0 Å². The molecule has 1 amide bonds. The predicted molar refractivity (Wildman–Crippen MR) is 84.6 cm³/mol. The normalized spacial score (nSPS) is 21.2. The van der Waals surface area contributed by atoms with E-state index in [4.69, 9.17) is 22.7 Å². The van der Waals surface area contributed by atoms with Crippen molar-refractivity contribution in [2.24, 2.45) is 11.7 Å². The van der Waals surface area contributed by atoms with E-state index in [1.54, 1.807) is 12.4 Å². The highest BCUT2D eigenvalue weighted by atomic mass is 32.1. The van der Waals surface area contributed by atoms with Crippen LogP contribution in [0.15, 0.2) is 24.5 Å². The van der Waals surface area contributed by atoms with E-state index in [0.717, 1.165) is 12.0 Å². The summed E-state index contributed by atoms with van der Waals surface area (Å²) in [6, 6.07) is 3.83. The van der Waals surface area contributed by atoms with Gasteiger partial charge in [0.25, 0.3) is 0 Å². The minimum absolute atomic E-state index is 0.0290. The summed E-state index contributed by atoms with van der Waals surface area (Å²) in [5, 5.41) is 0. The summed E-state index contributed by atoms with van der Waals surface area (Å²) in [4.78, 5) is 19.0. The van der Waals surface area contributed by atoms with Crippen LogP contribution in [0.4, 0.5) is 0 Å². The maximum atomic E-state index is 12.7. The largest absolute Gasteiger partial charge is 0.393 e. The number of hydrogen-bond acceptors (Lipinski definition) is 4. The van der Waals surface area contributed by atoms with Gasteiger partial charge >= 0.3 is 0 Å². The molecule has 0 spiro atoms. The first-order valence-corrected chi connectivity index (χ1v) is 7.56. The number of rotatable bonds is 6. The van der Waals surface area contributed by atoms with Crippen LogP contribution >= 0.6 is 12.2 Å². The zero-order valence-corrected chi connectivity index (χ0v) is 13.0.